The minimum Gasteiger partial charge on any atom is -0.322 e. The molecule has 2 N–H and O–H groups in total. The number of aromatic nitrogens is 2. The molecular formula is C9H15N3. The monoisotopic (exact) mass is 165 g/mol. The summed E-state index contributed by atoms with van der Waals surface area (Å²) < 4.78 is 0. The van der Waals surface area contributed by atoms with Crippen LogP contribution in [0, 0.1) is 5.92 Å². The summed E-state index contributed by atoms with van der Waals surface area (Å²) in [6.45, 7) is 4.25. The van der Waals surface area contributed by atoms with Gasteiger partial charge in [-0.1, -0.05) is 20.3 Å². The van der Waals surface area contributed by atoms with Gasteiger partial charge in [-0.2, -0.15) is 0 Å². The molecule has 0 bridgehead atoms. The van der Waals surface area contributed by atoms with Crippen molar-refractivity contribution in [2.75, 3.05) is 0 Å². The van der Waals surface area contributed by atoms with Gasteiger partial charge in [0, 0.05) is 18.6 Å². The van der Waals surface area contributed by atoms with E-state index in [0.717, 1.165) is 12.1 Å². The lowest BCUT2D eigenvalue weighted by Crippen LogP contribution is -2.19. The van der Waals surface area contributed by atoms with Crippen LogP contribution in [0.15, 0.2) is 18.6 Å². The Hall–Kier alpha value is -0.960. The molecule has 0 amide bonds. The minimum absolute atomic E-state index is 0.0173. The smallest absolute Gasteiger partial charge is 0.0756 e. The maximum atomic E-state index is 5.95. The highest BCUT2D eigenvalue weighted by Gasteiger charge is 2.13. The molecule has 0 fully saturated rings. The lowest BCUT2D eigenvalue weighted by molar-refractivity contribution is 0.447. The van der Waals surface area contributed by atoms with E-state index in [0.29, 0.717) is 5.92 Å². The molecule has 0 spiro atoms. The molecule has 0 radical (unpaired) electrons. The van der Waals surface area contributed by atoms with Crippen LogP contribution in [-0.2, 0) is 0 Å². The molecule has 12 heavy (non-hydrogen) atoms. The summed E-state index contributed by atoms with van der Waals surface area (Å²) in [5.74, 6) is 0.460. The highest BCUT2D eigenvalue weighted by molar-refractivity contribution is 5.02. The van der Waals surface area contributed by atoms with E-state index in [1.807, 2.05) is 0 Å². The van der Waals surface area contributed by atoms with Gasteiger partial charge in [-0.05, 0) is 5.92 Å². The van der Waals surface area contributed by atoms with Crippen LogP contribution < -0.4 is 5.73 Å². The fourth-order valence-electron chi connectivity index (χ4n) is 1.03. The van der Waals surface area contributed by atoms with Gasteiger partial charge in [-0.3, -0.25) is 9.97 Å². The van der Waals surface area contributed by atoms with Crippen molar-refractivity contribution >= 4 is 0 Å². The number of hydrogen-bond donors (Lipinski definition) is 1. The van der Waals surface area contributed by atoms with Gasteiger partial charge in [-0.25, -0.2) is 0 Å². The first kappa shape index (κ1) is 9.13. The Bertz CT molecular complexity index is 222. The molecule has 2 unspecified atom stereocenters. The van der Waals surface area contributed by atoms with Crippen molar-refractivity contribution in [3.05, 3.63) is 24.3 Å². The molecular weight excluding hydrogens is 150 g/mol. The van der Waals surface area contributed by atoms with Crippen LogP contribution in [0.3, 0.4) is 0 Å². The molecule has 3 heteroatoms. The second kappa shape index (κ2) is 4.16. The number of hydrogen-bond acceptors (Lipinski definition) is 3. The van der Waals surface area contributed by atoms with Crippen LogP contribution in [0.5, 0.6) is 0 Å². The van der Waals surface area contributed by atoms with Gasteiger partial charge < -0.3 is 5.73 Å². The van der Waals surface area contributed by atoms with Crippen molar-refractivity contribution in [3.8, 4) is 0 Å². The summed E-state index contributed by atoms with van der Waals surface area (Å²) >= 11 is 0. The molecule has 66 valence electrons. The van der Waals surface area contributed by atoms with Gasteiger partial charge in [-0.15, -0.1) is 0 Å². The summed E-state index contributed by atoms with van der Waals surface area (Å²) in [7, 11) is 0. The summed E-state index contributed by atoms with van der Waals surface area (Å²) in [5.41, 5.74) is 6.83. The minimum atomic E-state index is 0.0173. The third-order valence-corrected chi connectivity index (χ3v) is 2.18. The number of nitrogens with two attached hydrogens (primary N) is 1. The van der Waals surface area contributed by atoms with Crippen LogP contribution in [0.2, 0.25) is 0 Å². The summed E-state index contributed by atoms with van der Waals surface area (Å²) in [4.78, 5) is 8.14. The normalized spacial score (nSPS) is 15.6. The average Bonchev–Trinajstić information content (AvgIpc) is 2.17. The van der Waals surface area contributed by atoms with Gasteiger partial charge >= 0.3 is 0 Å². The van der Waals surface area contributed by atoms with Crippen molar-refractivity contribution in [1.82, 2.24) is 9.97 Å². The molecule has 0 aliphatic rings. The topological polar surface area (TPSA) is 51.8 Å². The average molecular weight is 165 g/mol. The first-order valence-corrected chi connectivity index (χ1v) is 4.27. The second-order valence-electron chi connectivity index (χ2n) is 3.04. The van der Waals surface area contributed by atoms with Crippen LogP contribution in [0.25, 0.3) is 0 Å². The number of rotatable bonds is 3. The molecule has 1 heterocycles. The first-order valence-electron chi connectivity index (χ1n) is 4.27. The van der Waals surface area contributed by atoms with Crippen LogP contribution in [0.4, 0.5) is 0 Å². The van der Waals surface area contributed by atoms with Gasteiger partial charge in [0.05, 0.1) is 11.7 Å². The zero-order chi connectivity index (χ0) is 8.97. The van der Waals surface area contributed by atoms with Crippen molar-refractivity contribution in [3.63, 3.8) is 0 Å². The summed E-state index contributed by atoms with van der Waals surface area (Å²) in [6, 6.07) is 0.0173. The zero-order valence-electron chi connectivity index (χ0n) is 7.57. The molecule has 0 aliphatic carbocycles. The van der Waals surface area contributed by atoms with Gasteiger partial charge in [0.25, 0.3) is 0 Å². The van der Waals surface area contributed by atoms with Crippen molar-refractivity contribution in [2.45, 2.75) is 26.3 Å². The molecule has 0 aromatic carbocycles. The quantitative estimate of drug-likeness (QED) is 0.738. The first-order chi connectivity index (χ1) is 5.75. The van der Waals surface area contributed by atoms with E-state index < -0.39 is 0 Å². The molecule has 1 rings (SSSR count). The lowest BCUT2D eigenvalue weighted by atomic mass is 9.98. The van der Waals surface area contributed by atoms with E-state index in [1.165, 1.54) is 0 Å². The van der Waals surface area contributed by atoms with E-state index in [2.05, 4.69) is 23.8 Å². The molecule has 3 nitrogen and oxygen atoms in total. The van der Waals surface area contributed by atoms with E-state index in [1.54, 1.807) is 18.6 Å². The van der Waals surface area contributed by atoms with E-state index >= 15 is 0 Å². The van der Waals surface area contributed by atoms with E-state index in [4.69, 9.17) is 5.73 Å². The van der Waals surface area contributed by atoms with Crippen LogP contribution in [0.1, 0.15) is 32.0 Å². The van der Waals surface area contributed by atoms with Crippen molar-refractivity contribution in [1.29, 1.82) is 0 Å². The van der Waals surface area contributed by atoms with Gasteiger partial charge in [0.1, 0.15) is 0 Å². The van der Waals surface area contributed by atoms with E-state index in [9.17, 15) is 0 Å². The fourth-order valence-corrected chi connectivity index (χ4v) is 1.03. The van der Waals surface area contributed by atoms with Crippen LogP contribution in [-0.4, -0.2) is 9.97 Å². The number of nitrogens with zero attached hydrogens (tertiary/aromatic N) is 2. The highest BCUT2D eigenvalue weighted by atomic mass is 14.8. The third kappa shape index (κ3) is 2.01. The maximum absolute atomic E-state index is 5.95. The molecule has 2 atom stereocenters. The lowest BCUT2D eigenvalue weighted by Gasteiger charge is -2.16. The van der Waals surface area contributed by atoms with Gasteiger partial charge in [0.2, 0.25) is 0 Å². The Balaban J connectivity index is 2.71. The Kier molecular flexibility index (Phi) is 3.17. The summed E-state index contributed by atoms with van der Waals surface area (Å²) in [6.07, 6.45) is 6.14. The summed E-state index contributed by atoms with van der Waals surface area (Å²) in [5, 5.41) is 0. The molecule has 0 saturated carbocycles. The SMILES string of the molecule is CCC(C)C(N)c1cnccn1. The molecule has 0 aliphatic heterocycles. The Morgan fingerprint density at radius 1 is 1.50 bits per heavy atom. The van der Waals surface area contributed by atoms with Crippen molar-refractivity contribution < 1.29 is 0 Å². The van der Waals surface area contributed by atoms with Crippen molar-refractivity contribution in [2.24, 2.45) is 11.7 Å². The Labute approximate surface area is 73.0 Å². The molecule has 0 saturated heterocycles. The van der Waals surface area contributed by atoms with Crippen LogP contribution >= 0.6 is 0 Å². The van der Waals surface area contributed by atoms with E-state index in [-0.39, 0.29) is 6.04 Å². The maximum Gasteiger partial charge on any atom is 0.0756 e. The predicted molar refractivity (Wildman–Crippen MR) is 48.4 cm³/mol. The third-order valence-electron chi connectivity index (χ3n) is 2.18. The molecule has 1 aromatic heterocycles. The highest BCUT2D eigenvalue weighted by Crippen LogP contribution is 2.18. The van der Waals surface area contributed by atoms with Gasteiger partial charge in [0.15, 0.2) is 0 Å². The Morgan fingerprint density at radius 3 is 2.75 bits per heavy atom. The second-order valence-corrected chi connectivity index (χ2v) is 3.04. The standard InChI is InChI=1S/C9H15N3/c1-3-7(2)9(10)8-6-11-4-5-12-8/h4-7,9H,3,10H2,1-2H3. The molecule has 1 aromatic rings. The predicted octanol–water partition coefficient (Wildman–Crippen LogP) is 1.52. The fraction of sp³-hybridized carbons (Fsp3) is 0.556. The largest absolute Gasteiger partial charge is 0.322 e. The Morgan fingerprint density at radius 2 is 2.25 bits per heavy atom. The zero-order valence-corrected chi connectivity index (χ0v) is 7.57.